The summed E-state index contributed by atoms with van der Waals surface area (Å²) in [6, 6.07) is 2.86. The van der Waals surface area contributed by atoms with Crippen molar-refractivity contribution in [3.05, 3.63) is 23.3 Å². The lowest BCUT2D eigenvalue weighted by atomic mass is 10.1. The molecule has 1 rings (SSSR count). The van der Waals surface area contributed by atoms with Gasteiger partial charge < -0.3 is 9.84 Å². The van der Waals surface area contributed by atoms with Crippen molar-refractivity contribution in [1.82, 2.24) is 4.72 Å². The number of carboxylic acid groups (broad SMARTS) is 1. The highest BCUT2D eigenvalue weighted by molar-refractivity contribution is 7.89. The van der Waals surface area contributed by atoms with Gasteiger partial charge in [0.1, 0.15) is 5.75 Å². The van der Waals surface area contributed by atoms with Gasteiger partial charge in [-0.1, -0.05) is 0 Å². The standard InChI is InChI=1S/C14H21NO5S/c1-9-7-12(20-4)8-10(2)14(9)21(18,19)15-11(3)5-6-13(16)17/h7-8,11,15H,5-6H2,1-4H3,(H,16,17). The van der Waals surface area contributed by atoms with Crippen molar-refractivity contribution in [2.45, 2.75) is 44.6 Å². The predicted molar refractivity (Wildman–Crippen MR) is 79.1 cm³/mol. The molecule has 1 unspecified atom stereocenters. The highest BCUT2D eigenvalue weighted by Gasteiger charge is 2.22. The van der Waals surface area contributed by atoms with Crippen LogP contribution in [-0.4, -0.2) is 32.6 Å². The van der Waals surface area contributed by atoms with E-state index in [9.17, 15) is 13.2 Å². The second-order valence-corrected chi connectivity index (χ2v) is 6.70. The van der Waals surface area contributed by atoms with E-state index in [1.807, 2.05) is 0 Å². The summed E-state index contributed by atoms with van der Waals surface area (Å²) >= 11 is 0. The molecule has 0 saturated carbocycles. The number of hydrogen-bond donors (Lipinski definition) is 2. The molecule has 1 aromatic rings. The van der Waals surface area contributed by atoms with Crippen LogP contribution in [0.4, 0.5) is 0 Å². The van der Waals surface area contributed by atoms with Gasteiger partial charge in [0.05, 0.1) is 12.0 Å². The van der Waals surface area contributed by atoms with Gasteiger partial charge in [-0.25, -0.2) is 13.1 Å². The molecule has 0 aliphatic rings. The Morgan fingerprint density at radius 3 is 2.29 bits per heavy atom. The molecule has 0 radical (unpaired) electrons. The number of benzene rings is 1. The number of methoxy groups -OCH3 is 1. The molecule has 1 aromatic carbocycles. The number of aliphatic carboxylic acids is 1. The van der Waals surface area contributed by atoms with E-state index in [1.165, 1.54) is 7.11 Å². The Hall–Kier alpha value is -1.60. The van der Waals surface area contributed by atoms with Crippen molar-refractivity contribution in [2.75, 3.05) is 7.11 Å². The van der Waals surface area contributed by atoms with Gasteiger partial charge in [-0.05, 0) is 50.5 Å². The average molecular weight is 315 g/mol. The molecular weight excluding hydrogens is 294 g/mol. The Kier molecular flexibility index (Phi) is 5.74. The van der Waals surface area contributed by atoms with Gasteiger partial charge >= 0.3 is 5.97 Å². The lowest BCUT2D eigenvalue weighted by Crippen LogP contribution is -2.33. The van der Waals surface area contributed by atoms with Crippen LogP contribution in [0.15, 0.2) is 17.0 Å². The zero-order valence-corrected chi connectivity index (χ0v) is 13.5. The van der Waals surface area contributed by atoms with Gasteiger partial charge in [-0.2, -0.15) is 0 Å². The van der Waals surface area contributed by atoms with Crippen LogP contribution in [0.1, 0.15) is 30.9 Å². The van der Waals surface area contributed by atoms with Crippen molar-refractivity contribution in [3.8, 4) is 5.75 Å². The van der Waals surface area contributed by atoms with E-state index >= 15 is 0 Å². The first kappa shape index (κ1) is 17.5. The number of aryl methyl sites for hydroxylation is 2. The number of carbonyl (C=O) groups is 1. The molecule has 0 fully saturated rings. The number of nitrogens with one attached hydrogen (secondary N) is 1. The summed E-state index contributed by atoms with van der Waals surface area (Å²) in [5.41, 5.74) is 1.18. The lowest BCUT2D eigenvalue weighted by molar-refractivity contribution is -0.137. The fourth-order valence-electron chi connectivity index (χ4n) is 2.17. The van der Waals surface area contributed by atoms with Crippen LogP contribution in [-0.2, 0) is 14.8 Å². The third-order valence-corrected chi connectivity index (χ3v) is 4.98. The van der Waals surface area contributed by atoms with E-state index < -0.39 is 22.0 Å². The van der Waals surface area contributed by atoms with Crippen molar-refractivity contribution >= 4 is 16.0 Å². The first-order valence-corrected chi connectivity index (χ1v) is 8.05. The molecule has 21 heavy (non-hydrogen) atoms. The van der Waals surface area contributed by atoms with Crippen LogP contribution in [0.3, 0.4) is 0 Å². The number of rotatable bonds is 7. The Morgan fingerprint density at radius 1 is 1.33 bits per heavy atom. The number of carboxylic acids is 1. The second-order valence-electron chi connectivity index (χ2n) is 5.05. The average Bonchev–Trinajstić information content (AvgIpc) is 2.34. The van der Waals surface area contributed by atoms with Gasteiger partial charge in [-0.3, -0.25) is 4.79 Å². The zero-order chi connectivity index (χ0) is 16.2. The third-order valence-electron chi connectivity index (χ3n) is 3.09. The second kappa shape index (κ2) is 6.91. The highest BCUT2D eigenvalue weighted by atomic mass is 32.2. The summed E-state index contributed by atoms with van der Waals surface area (Å²) in [6.07, 6.45) is 0.160. The molecule has 7 heteroatoms. The Morgan fingerprint density at radius 2 is 1.86 bits per heavy atom. The van der Waals surface area contributed by atoms with Crippen LogP contribution in [0, 0.1) is 13.8 Å². The van der Waals surface area contributed by atoms with Crippen molar-refractivity contribution in [2.24, 2.45) is 0 Å². The first-order chi connectivity index (χ1) is 9.67. The Balaban J connectivity index is 3.00. The van der Waals surface area contributed by atoms with Gasteiger partial charge in [0.25, 0.3) is 0 Å². The van der Waals surface area contributed by atoms with E-state index in [-0.39, 0.29) is 17.7 Å². The van der Waals surface area contributed by atoms with Crippen LogP contribution in [0.25, 0.3) is 0 Å². The van der Waals surface area contributed by atoms with Gasteiger partial charge in [-0.15, -0.1) is 0 Å². The van der Waals surface area contributed by atoms with Crippen molar-refractivity contribution in [1.29, 1.82) is 0 Å². The summed E-state index contributed by atoms with van der Waals surface area (Å²) in [5, 5.41) is 8.63. The summed E-state index contributed by atoms with van der Waals surface area (Å²) in [5.74, 6) is -0.347. The topological polar surface area (TPSA) is 92.7 Å². The molecule has 0 aromatic heterocycles. The van der Waals surface area contributed by atoms with Gasteiger partial charge in [0, 0.05) is 12.5 Å². The van der Waals surface area contributed by atoms with Gasteiger partial charge in [0.2, 0.25) is 10.0 Å². The summed E-state index contributed by atoms with van der Waals surface area (Å²) in [4.78, 5) is 10.7. The van der Waals surface area contributed by atoms with E-state index in [2.05, 4.69) is 4.72 Å². The molecule has 2 N–H and O–H groups in total. The zero-order valence-electron chi connectivity index (χ0n) is 12.6. The molecule has 0 amide bonds. The molecule has 0 saturated heterocycles. The van der Waals surface area contributed by atoms with Crippen LogP contribution >= 0.6 is 0 Å². The van der Waals surface area contributed by atoms with E-state index in [0.717, 1.165) is 0 Å². The van der Waals surface area contributed by atoms with E-state index in [4.69, 9.17) is 9.84 Å². The Labute approximate surface area is 125 Å². The maximum atomic E-state index is 12.4. The van der Waals surface area contributed by atoms with Crippen LogP contribution < -0.4 is 9.46 Å². The van der Waals surface area contributed by atoms with Crippen LogP contribution in [0.2, 0.25) is 0 Å². The molecule has 118 valence electrons. The van der Waals surface area contributed by atoms with Gasteiger partial charge in [0.15, 0.2) is 0 Å². The molecule has 0 aliphatic heterocycles. The van der Waals surface area contributed by atoms with E-state index in [0.29, 0.717) is 16.9 Å². The quantitative estimate of drug-likeness (QED) is 0.801. The highest BCUT2D eigenvalue weighted by Crippen LogP contribution is 2.25. The summed E-state index contributed by atoms with van der Waals surface area (Å²) in [7, 11) is -2.17. The molecular formula is C14H21NO5S. The maximum Gasteiger partial charge on any atom is 0.303 e. The number of sulfonamides is 1. The normalized spacial score (nSPS) is 13.0. The fraction of sp³-hybridized carbons (Fsp3) is 0.500. The SMILES string of the molecule is COc1cc(C)c(S(=O)(=O)NC(C)CCC(=O)O)c(C)c1. The minimum atomic E-state index is -3.69. The molecule has 1 atom stereocenters. The fourth-order valence-corrected chi connectivity index (χ4v) is 3.91. The number of ether oxygens (including phenoxy) is 1. The summed E-state index contributed by atoms with van der Waals surface area (Å²) in [6.45, 7) is 5.05. The number of hydrogen-bond acceptors (Lipinski definition) is 4. The lowest BCUT2D eigenvalue weighted by Gasteiger charge is -2.17. The molecule has 0 heterocycles. The Bertz CT molecular complexity index is 601. The largest absolute Gasteiger partial charge is 0.497 e. The first-order valence-electron chi connectivity index (χ1n) is 6.56. The minimum absolute atomic E-state index is 0.0791. The summed E-state index contributed by atoms with van der Waals surface area (Å²) < 4.78 is 32.5. The third kappa shape index (κ3) is 4.71. The molecule has 0 spiro atoms. The molecule has 0 bridgehead atoms. The van der Waals surface area contributed by atoms with Crippen molar-refractivity contribution < 1.29 is 23.1 Å². The minimum Gasteiger partial charge on any atom is -0.497 e. The van der Waals surface area contributed by atoms with Crippen LogP contribution in [0.5, 0.6) is 5.75 Å². The predicted octanol–water partition coefficient (Wildman–Crippen LogP) is 1.84. The molecule has 0 aliphatic carbocycles. The monoisotopic (exact) mass is 315 g/mol. The van der Waals surface area contributed by atoms with E-state index in [1.54, 1.807) is 32.9 Å². The maximum absolute atomic E-state index is 12.4. The molecule has 6 nitrogen and oxygen atoms in total. The smallest absolute Gasteiger partial charge is 0.303 e. The van der Waals surface area contributed by atoms with Crippen molar-refractivity contribution in [3.63, 3.8) is 0 Å².